The number of H-pyrrole nitrogens is 1. The molecule has 0 saturated heterocycles. The van der Waals surface area contributed by atoms with Gasteiger partial charge in [0.2, 0.25) is 0 Å². The number of fused-ring (bicyclic) bond motifs is 1. The van der Waals surface area contributed by atoms with Gasteiger partial charge in [-0.25, -0.2) is 4.99 Å². The van der Waals surface area contributed by atoms with Crippen LogP contribution in [0.25, 0.3) is 10.9 Å². The molecule has 0 bridgehead atoms. The second-order valence-corrected chi connectivity index (χ2v) is 3.20. The van der Waals surface area contributed by atoms with Crippen LogP contribution < -0.4 is 0 Å². The molecule has 0 aliphatic rings. The molecule has 80 valence electrons. The summed E-state index contributed by atoms with van der Waals surface area (Å²) in [5, 5.41) is 9.96. The van der Waals surface area contributed by atoms with Crippen molar-refractivity contribution in [1.82, 2.24) is 4.98 Å². The number of hydrogen-bond acceptors (Lipinski definition) is 3. The number of nitriles is 1. The van der Waals surface area contributed by atoms with E-state index in [9.17, 15) is 0 Å². The van der Waals surface area contributed by atoms with Gasteiger partial charge in [-0.2, -0.15) is 5.26 Å². The van der Waals surface area contributed by atoms with Crippen molar-refractivity contribution in [3.05, 3.63) is 29.8 Å². The second-order valence-electron chi connectivity index (χ2n) is 3.20. The Kier molecular flexibility index (Phi) is 2.88. The first-order chi connectivity index (χ1) is 7.86. The zero-order valence-electron chi connectivity index (χ0n) is 8.90. The van der Waals surface area contributed by atoms with Gasteiger partial charge in [0.25, 0.3) is 0 Å². The first-order valence-corrected chi connectivity index (χ1v) is 5.01. The van der Waals surface area contributed by atoms with Gasteiger partial charge in [0.15, 0.2) is 12.2 Å². The summed E-state index contributed by atoms with van der Waals surface area (Å²) in [6.45, 7) is 2.44. The molecule has 0 fully saturated rings. The van der Waals surface area contributed by atoms with Crippen LogP contribution in [0.3, 0.4) is 0 Å². The molecular formula is C12H11N3O. The Labute approximate surface area is 93.2 Å². The van der Waals surface area contributed by atoms with Crippen molar-refractivity contribution >= 4 is 23.1 Å². The highest BCUT2D eigenvalue weighted by Crippen LogP contribution is 2.26. The van der Waals surface area contributed by atoms with Gasteiger partial charge in [-0.1, -0.05) is 18.2 Å². The van der Waals surface area contributed by atoms with E-state index in [2.05, 4.69) is 16.0 Å². The first kappa shape index (κ1) is 10.2. The molecular weight excluding hydrogens is 202 g/mol. The molecule has 2 rings (SSSR count). The number of nitrogens with zero attached hydrogens (tertiary/aromatic N) is 2. The summed E-state index contributed by atoms with van der Waals surface area (Å²) in [5.74, 6) is 0.539. The van der Waals surface area contributed by atoms with Gasteiger partial charge in [-0.3, -0.25) is 0 Å². The van der Waals surface area contributed by atoms with Gasteiger partial charge in [-0.15, -0.1) is 0 Å². The van der Waals surface area contributed by atoms with Gasteiger partial charge in [-0.05, 0) is 13.0 Å². The minimum Gasteiger partial charge on any atom is -0.483 e. The van der Waals surface area contributed by atoms with Crippen LogP contribution in [0.15, 0.2) is 29.3 Å². The third kappa shape index (κ3) is 1.75. The quantitative estimate of drug-likeness (QED) is 0.629. The summed E-state index contributed by atoms with van der Waals surface area (Å²) >= 11 is 0. The van der Waals surface area contributed by atoms with E-state index in [1.165, 1.54) is 6.40 Å². The molecule has 0 amide bonds. The fourth-order valence-corrected chi connectivity index (χ4v) is 1.50. The van der Waals surface area contributed by atoms with E-state index in [0.29, 0.717) is 18.0 Å². The van der Waals surface area contributed by atoms with Crippen molar-refractivity contribution in [2.45, 2.75) is 6.92 Å². The topological polar surface area (TPSA) is 61.2 Å². The van der Waals surface area contributed by atoms with Crippen LogP contribution in [-0.2, 0) is 4.74 Å². The van der Waals surface area contributed by atoms with Gasteiger partial charge in [0.1, 0.15) is 11.6 Å². The molecule has 1 N–H and O–H groups in total. The number of nitrogens with one attached hydrogen (secondary N) is 1. The Morgan fingerprint density at radius 1 is 1.50 bits per heavy atom. The minimum atomic E-state index is 0.539. The third-order valence-electron chi connectivity index (χ3n) is 2.22. The zero-order valence-corrected chi connectivity index (χ0v) is 8.90. The number of aliphatic imine (C=N–C) groups is 1. The summed E-state index contributed by atoms with van der Waals surface area (Å²) in [7, 11) is 0. The van der Waals surface area contributed by atoms with Crippen molar-refractivity contribution in [3.8, 4) is 6.07 Å². The van der Waals surface area contributed by atoms with Gasteiger partial charge in [0.05, 0.1) is 6.61 Å². The SMILES string of the molecule is CCO/C=N/c1[nH]c2ccccc2c1C#N. The maximum absolute atomic E-state index is 9.08. The molecule has 0 unspecified atom stereocenters. The van der Waals surface area contributed by atoms with Gasteiger partial charge >= 0.3 is 0 Å². The number of para-hydroxylation sites is 1. The summed E-state index contributed by atoms with van der Waals surface area (Å²) in [6.07, 6.45) is 1.35. The lowest BCUT2D eigenvalue weighted by molar-refractivity contribution is 0.344. The fourth-order valence-electron chi connectivity index (χ4n) is 1.50. The van der Waals surface area contributed by atoms with Crippen LogP contribution in [0.1, 0.15) is 12.5 Å². The Morgan fingerprint density at radius 3 is 3.06 bits per heavy atom. The lowest BCUT2D eigenvalue weighted by Gasteiger charge is -1.91. The fraction of sp³-hybridized carbons (Fsp3) is 0.167. The molecule has 1 aromatic heterocycles. The van der Waals surface area contributed by atoms with E-state index in [1.54, 1.807) is 0 Å². The molecule has 4 heteroatoms. The second kappa shape index (κ2) is 4.49. The number of aromatic amines is 1. The summed E-state index contributed by atoms with van der Waals surface area (Å²) < 4.78 is 5.01. The van der Waals surface area contributed by atoms with Crippen molar-refractivity contribution in [2.75, 3.05) is 6.61 Å². The highest BCUT2D eigenvalue weighted by molar-refractivity contribution is 5.91. The van der Waals surface area contributed by atoms with Crippen molar-refractivity contribution < 1.29 is 4.74 Å². The molecule has 0 atom stereocenters. The number of benzene rings is 1. The largest absolute Gasteiger partial charge is 0.483 e. The molecule has 16 heavy (non-hydrogen) atoms. The van der Waals surface area contributed by atoms with Gasteiger partial charge < -0.3 is 9.72 Å². The van der Waals surface area contributed by atoms with Crippen LogP contribution >= 0.6 is 0 Å². The Balaban J connectivity index is 2.49. The number of ether oxygens (including phenoxy) is 1. The Hall–Kier alpha value is -2.28. The number of rotatable bonds is 3. The van der Waals surface area contributed by atoms with E-state index in [1.807, 2.05) is 31.2 Å². The standard InChI is InChI=1S/C12H11N3O/c1-2-16-8-14-12-10(7-13)9-5-3-4-6-11(9)15-12/h3-6,8,15H,2H2,1H3/b14-8+. The van der Waals surface area contributed by atoms with E-state index in [0.717, 1.165) is 10.9 Å². The third-order valence-corrected chi connectivity index (χ3v) is 2.22. The highest BCUT2D eigenvalue weighted by atomic mass is 16.5. The molecule has 0 aliphatic carbocycles. The van der Waals surface area contributed by atoms with E-state index >= 15 is 0 Å². The molecule has 2 aromatic rings. The lowest BCUT2D eigenvalue weighted by Crippen LogP contribution is -1.84. The van der Waals surface area contributed by atoms with Crippen molar-refractivity contribution in [2.24, 2.45) is 4.99 Å². The molecule has 0 spiro atoms. The number of hydrogen-bond donors (Lipinski definition) is 1. The summed E-state index contributed by atoms with van der Waals surface area (Å²) in [6, 6.07) is 9.76. The van der Waals surface area contributed by atoms with E-state index in [4.69, 9.17) is 10.00 Å². The van der Waals surface area contributed by atoms with Crippen molar-refractivity contribution in [1.29, 1.82) is 5.26 Å². The van der Waals surface area contributed by atoms with Crippen LogP contribution in [0.5, 0.6) is 0 Å². The monoisotopic (exact) mass is 213 g/mol. The maximum atomic E-state index is 9.08. The summed E-state index contributed by atoms with van der Waals surface area (Å²) in [4.78, 5) is 7.15. The molecule has 0 aliphatic heterocycles. The molecule has 0 radical (unpaired) electrons. The molecule has 1 heterocycles. The summed E-state index contributed by atoms with van der Waals surface area (Å²) in [5.41, 5.74) is 1.45. The average molecular weight is 213 g/mol. The maximum Gasteiger partial charge on any atom is 0.176 e. The smallest absolute Gasteiger partial charge is 0.176 e. The van der Waals surface area contributed by atoms with Crippen molar-refractivity contribution in [3.63, 3.8) is 0 Å². The minimum absolute atomic E-state index is 0.539. The highest BCUT2D eigenvalue weighted by Gasteiger charge is 2.08. The lowest BCUT2D eigenvalue weighted by atomic mass is 10.2. The van der Waals surface area contributed by atoms with E-state index < -0.39 is 0 Å². The van der Waals surface area contributed by atoms with Crippen LogP contribution in [0, 0.1) is 11.3 Å². The normalized spacial score (nSPS) is 10.8. The zero-order chi connectivity index (χ0) is 11.4. The predicted molar refractivity (Wildman–Crippen MR) is 62.8 cm³/mol. The van der Waals surface area contributed by atoms with Crippen LogP contribution in [0.2, 0.25) is 0 Å². The first-order valence-electron chi connectivity index (χ1n) is 5.01. The molecule has 4 nitrogen and oxygen atoms in total. The van der Waals surface area contributed by atoms with E-state index in [-0.39, 0.29) is 0 Å². The Bertz CT molecular complexity index is 563. The van der Waals surface area contributed by atoms with Crippen LogP contribution in [-0.4, -0.2) is 18.0 Å². The van der Waals surface area contributed by atoms with Crippen LogP contribution in [0.4, 0.5) is 5.82 Å². The molecule has 1 aromatic carbocycles. The average Bonchev–Trinajstić information content (AvgIpc) is 2.67. The molecule has 0 saturated carbocycles. The number of aromatic nitrogens is 1. The van der Waals surface area contributed by atoms with Gasteiger partial charge in [0, 0.05) is 10.9 Å². The Morgan fingerprint density at radius 2 is 2.31 bits per heavy atom. The predicted octanol–water partition coefficient (Wildman–Crippen LogP) is 2.74.